The van der Waals surface area contributed by atoms with Crippen molar-refractivity contribution in [1.29, 1.82) is 0 Å². The molecule has 0 aliphatic rings. The quantitative estimate of drug-likeness (QED) is 0.532. The van der Waals surface area contributed by atoms with Crippen LogP contribution in [0.2, 0.25) is 5.02 Å². The number of nitrogens with one attached hydrogen (secondary N) is 1. The van der Waals surface area contributed by atoms with E-state index in [-0.39, 0.29) is 27.2 Å². The Morgan fingerprint density at radius 2 is 1.69 bits per heavy atom. The van der Waals surface area contributed by atoms with Crippen LogP contribution in [0.15, 0.2) is 64.5 Å². The molecule has 0 saturated carbocycles. The summed E-state index contributed by atoms with van der Waals surface area (Å²) in [7, 11) is -7.99. The summed E-state index contributed by atoms with van der Waals surface area (Å²) in [6, 6.07) is 10.5. The largest absolute Gasteiger partial charge is 0.416 e. The Bertz CT molecular complexity index is 1360. The summed E-state index contributed by atoms with van der Waals surface area (Å²) in [5.41, 5.74) is -0.469. The van der Waals surface area contributed by atoms with E-state index >= 15 is 0 Å². The highest BCUT2D eigenvalue weighted by Crippen LogP contribution is 2.34. The molecule has 0 saturated heterocycles. The molecule has 32 heavy (non-hydrogen) atoms. The van der Waals surface area contributed by atoms with E-state index in [2.05, 4.69) is 14.9 Å². The maximum Gasteiger partial charge on any atom is 0.416 e. The lowest BCUT2D eigenvalue weighted by molar-refractivity contribution is -0.137. The van der Waals surface area contributed by atoms with Gasteiger partial charge in [0.05, 0.1) is 22.0 Å². The molecule has 0 bridgehead atoms. The van der Waals surface area contributed by atoms with Crippen LogP contribution >= 0.6 is 11.6 Å². The van der Waals surface area contributed by atoms with Gasteiger partial charge in [0.15, 0.2) is 14.9 Å². The summed E-state index contributed by atoms with van der Waals surface area (Å²) in [6.07, 6.45) is -4.75. The van der Waals surface area contributed by atoms with E-state index < -0.39 is 36.5 Å². The minimum atomic E-state index is -4.75. The molecular formula is C19H15ClF3N3O4S2. The van der Waals surface area contributed by atoms with Gasteiger partial charge in [-0.2, -0.15) is 13.2 Å². The van der Waals surface area contributed by atoms with Gasteiger partial charge in [0, 0.05) is 11.3 Å². The Labute approximate surface area is 187 Å². The first-order chi connectivity index (χ1) is 14.8. The fourth-order valence-corrected chi connectivity index (χ4v) is 4.94. The third-order valence-electron chi connectivity index (χ3n) is 4.30. The summed E-state index contributed by atoms with van der Waals surface area (Å²) < 4.78 is 90.2. The smallest absolute Gasteiger partial charge is 0.280 e. The third-order valence-corrected chi connectivity index (χ3v) is 7.78. The van der Waals surface area contributed by atoms with E-state index in [9.17, 15) is 30.0 Å². The number of sulfonamides is 1. The summed E-state index contributed by atoms with van der Waals surface area (Å²) in [5.74, 6) is -0.142. The van der Waals surface area contributed by atoms with Crippen molar-refractivity contribution < 1.29 is 30.0 Å². The average molecular weight is 506 g/mol. The molecular weight excluding hydrogens is 491 g/mol. The van der Waals surface area contributed by atoms with Crippen LogP contribution < -0.4 is 4.72 Å². The Hall–Kier alpha value is -2.70. The van der Waals surface area contributed by atoms with Crippen molar-refractivity contribution in [3.63, 3.8) is 0 Å². The molecule has 0 fully saturated rings. The molecule has 1 aromatic heterocycles. The highest BCUT2D eigenvalue weighted by atomic mass is 35.5. The molecule has 1 heterocycles. The van der Waals surface area contributed by atoms with Crippen molar-refractivity contribution in [3.8, 4) is 11.3 Å². The number of anilines is 1. The first kappa shape index (κ1) is 24.0. The maximum absolute atomic E-state index is 13.0. The number of sulfone groups is 1. The van der Waals surface area contributed by atoms with Gasteiger partial charge in [-0.05, 0) is 42.5 Å². The Kier molecular flexibility index (Phi) is 6.50. The number of rotatable bonds is 6. The first-order valence-corrected chi connectivity index (χ1v) is 12.4. The van der Waals surface area contributed by atoms with Gasteiger partial charge in [0.1, 0.15) is 4.90 Å². The van der Waals surface area contributed by atoms with Gasteiger partial charge in [-0.25, -0.2) is 16.8 Å². The number of nitrogens with zero attached hydrogens (tertiary/aromatic N) is 2. The second kappa shape index (κ2) is 8.68. The molecule has 170 valence electrons. The predicted molar refractivity (Wildman–Crippen MR) is 112 cm³/mol. The fraction of sp³-hybridized carbons (Fsp3) is 0.158. The summed E-state index contributed by atoms with van der Waals surface area (Å²) in [4.78, 5) is -0.728. The van der Waals surface area contributed by atoms with E-state index in [4.69, 9.17) is 11.6 Å². The lowest BCUT2D eigenvalue weighted by Crippen LogP contribution is -2.15. The number of alkyl halides is 3. The van der Waals surface area contributed by atoms with E-state index in [1.807, 2.05) is 0 Å². The minimum Gasteiger partial charge on any atom is -0.280 e. The number of halogens is 4. The molecule has 0 atom stereocenters. The van der Waals surface area contributed by atoms with Crippen LogP contribution in [0.25, 0.3) is 11.3 Å². The topological polar surface area (TPSA) is 106 Å². The summed E-state index contributed by atoms with van der Waals surface area (Å²) >= 11 is 5.83. The van der Waals surface area contributed by atoms with Gasteiger partial charge in [0.2, 0.25) is 0 Å². The maximum atomic E-state index is 13.0. The Morgan fingerprint density at radius 1 is 0.969 bits per heavy atom. The molecule has 0 amide bonds. The van der Waals surface area contributed by atoms with Crippen molar-refractivity contribution in [2.45, 2.75) is 23.0 Å². The van der Waals surface area contributed by atoms with Crippen molar-refractivity contribution in [1.82, 2.24) is 10.2 Å². The number of hydrogen-bond acceptors (Lipinski definition) is 6. The molecule has 13 heteroatoms. The van der Waals surface area contributed by atoms with Crippen LogP contribution in [0.4, 0.5) is 18.9 Å². The molecule has 3 rings (SSSR count). The standard InChI is InChI=1S/C19H15ClF3N3O4S2/c1-2-31(27,28)18-9-8-16(24-25-18)12-4-3-5-14(10-12)26-32(29,30)17-11-13(19(21,22)23)6-7-15(17)20/h3-11,26H,2H2,1H3. The van der Waals surface area contributed by atoms with E-state index in [1.165, 1.54) is 37.3 Å². The van der Waals surface area contributed by atoms with Gasteiger partial charge in [-0.3, -0.25) is 4.72 Å². The van der Waals surface area contributed by atoms with Crippen molar-refractivity contribution in [3.05, 3.63) is 65.2 Å². The zero-order valence-electron chi connectivity index (χ0n) is 16.3. The number of hydrogen-bond donors (Lipinski definition) is 1. The normalized spacial score (nSPS) is 12.5. The summed E-state index contributed by atoms with van der Waals surface area (Å²) in [5, 5.41) is 6.98. The molecule has 0 unspecified atom stereocenters. The van der Waals surface area contributed by atoms with Gasteiger partial charge < -0.3 is 0 Å². The highest BCUT2D eigenvalue weighted by molar-refractivity contribution is 7.92. The van der Waals surface area contributed by atoms with Crippen molar-refractivity contribution in [2.24, 2.45) is 0 Å². The lowest BCUT2D eigenvalue weighted by atomic mass is 10.1. The monoisotopic (exact) mass is 505 g/mol. The lowest BCUT2D eigenvalue weighted by Gasteiger charge is -2.13. The van der Waals surface area contributed by atoms with Crippen LogP contribution in [0.5, 0.6) is 0 Å². The van der Waals surface area contributed by atoms with Crippen LogP contribution in [-0.2, 0) is 26.0 Å². The average Bonchev–Trinajstić information content (AvgIpc) is 2.73. The van der Waals surface area contributed by atoms with Crippen LogP contribution in [-0.4, -0.2) is 32.8 Å². The second-order valence-electron chi connectivity index (χ2n) is 6.49. The van der Waals surface area contributed by atoms with Crippen LogP contribution in [0.3, 0.4) is 0 Å². The molecule has 3 aromatic rings. The van der Waals surface area contributed by atoms with Gasteiger partial charge >= 0.3 is 6.18 Å². The Morgan fingerprint density at radius 3 is 2.28 bits per heavy atom. The van der Waals surface area contributed by atoms with Gasteiger partial charge in [0.25, 0.3) is 10.0 Å². The molecule has 2 aromatic carbocycles. The molecule has 7 nitrogen and oxygen atoms in total. The molecule has 1 N–H and O–H groups in total. The van der Waals surface area contributed by atoms with E-state index in [1.54, 1.807) is 6.07 Å². The number of benzene rings is 2. The highest BCUT2D eigenvalue weighted by Gasteiger charge is 2.32. The number of aromatic nitrogens is 2. The van der Waals surface area contributed by atoms with E-state index in [0.717, 1.165) is 6.07 Å². The predicted octanol–water partition coefficient (Wildman–Crippen LogP) is 4.41. The van der Waals surface area contributed by atoms with Crippen LogP contribution in [0.1, 0.15) is 12.5 Å². The van der Waals surface area contributed by atoms with Crippen LogP contribution in [0, 0.1) is 0 Å². The second-order valence-corrected chi connectivity index (χ2v) is 10.8. The minimum absolute atomic E-state index is 0.0306. The molecule has 0 aliphatic heterocycles. The summed E-state index contributed by atoms with van der Waals surface area (Å²) in [6.45, 7) is 1.47. The zero-order chi connectivity index (χ0) is 23.7. The van der Waals surface area contributed by atoms with E-state index in [0.29, 0.717) is 17.7 Å². The third kappa shape index (κ3) is 5.19. The SMILES string of the molecule is CCS(=O)(=O)c1ccc(-c2cccc(NS(=O)(=O)c3cc(C(F)(F)F)ccc3Cl)c2)nn1. The van der Waals surface area contributed by atoms with Crippen molar-refractivity contribution >= 4 is 37.1 Å². The first-order valence-electron chi connectivity index (χ1n) is 8.90. The molecule has 0 spiro atoms. The molecule has 0 radical (unpaired) electrons. The molecule has 0 aliphatic carbocycles. The fourth-order valence-electron chi connectivity index (χ4n) is 2.63. The Balaban J connectivity index is 1.93. The van der Waals surface area contributed by atoms with Crippen molar-refractivity contribution in [2.75, 3.05) is 10.5 Å². The van der Waals surface area contributed by atoms with Gasteiger partial charge in [-0.15, -0.1) is 10.2 Å². The zero-order valence-corrected chi connectivity index (χ0v) is 18.6. The van der Waals surface area contributed by atoms with Gasteiger partial charge in [-0.1, -0.05) is 30.7 Å².